The van der Waals surface area contributed by atoms with Crippen LogP contribution in [0.15, 0.2) is 10.5 Å². The van der Waals surface area contributed by atoms with Gasteiger partial charge in [0.25, 0.3) is 0 Å². The maximum atomic E-state index is 5.85. The highest BCUT2D eigenvalue weighted by molar-refractivity contribution is 6.29. The second-order valence-electron chi connectivity index (χ2n) is 4.32. The molecule has 0 amide bonds. The van der Waals surface area contributed by atoms with Crippen molar-refractivity contribution in [2.75, 3.05) is 6.54 Å². The van der Waals surface area contributed by atoms with E-state index in [0.29, 0.717) is 11.3 Å². The summed E-state index contributed by atoms with van der Waals surface area (Å²) in [4.78, 5) is 0. The Kier molecular flexibility index (Phi) is 1.93. The minimum absolute atomic E-state index is 0.0506. The second kappa shape index (κ2) is 2.76. The van der Waals surface area contributed by atoms with Crippen LogP contribution < -0.4 is 5.32 Å². The van der Waals surface area contributed by atoms with Crippen molar-refractivity contribution in [2.24, 2.45) is 0 Å². The fourth-order valence-corrected chi connectivity index (χ4v) is 2.02. The zero-order valence-electron chi connectivity index (χ0n) is 8.15. The van der Waals surface area contributed by atoms with Crippen LogP contribution >= 0.6 is 11.6 Å². The molecule has 0 spiro atoms. The van der Waals surface area contributed by atoms with Crippen molar-refractivity contribution < 1.29 is 4.42 Å². The fraction of sp³-hybridized carbons (Fsp3) is 0.600. The molecule has 1 aliphatic rings. The first-order valence-corrected chi connectivity index (χ1v) is 4.91. The summed E-state index contributed by atoms with van der Waals surface area (Å²) in [5, 5.41) is 3.92. The van der Waals surface area contributed by atoms with Crippen LogP contribution in [0, 0.1) is 0 Å². The molecule has 0 fully saturated rings. The Morgan fingerprint density at radius 3 is 2.92 bits per heavy atom. The molecule has 0 radical (unpaired) electrons. The number of hydrogen-bond acceptors (Lipinski definition) is 2. The summed E-state index contributed by atoms with van der Waals surface area (Å²) >= 11 is 5.85. The van der Waals surface area contributed by atoms with E-state index in [2.05, 4.69) is 26.1 Å². The van der Waals surface area contributed by atoms with E-state index >= 15 is 0 Å². The standard InChI is InChI=1S/C10H14ClNO/c1-6-7-4-8(11)13-9(7)10(2,3)5-12-6/h4,6,12H,5H2,1-3H3. The molecule has 3 heteroatoms. The molecule has 0 aliphatic carbocycles. The van der Waals surface area contributed by atoms with Crippen molar-refractivity contribution >= 4 is 11.6 Å². The minimum atomic E-state index is 0.0506. The van der Waals surface area contributed by atoms with Gasteiger partial charge in [-0.3, -0.25) is 0 Å². The van der Waals surface area contributed by atoms with E-state index < -0.39 is 0 Å². The largest absolute Gasteiger partial charge is 0.449 e. The molecular formula is C10H14ClNO. The Hall–Kier alpha value is -0.470. The van der Waals surface area contributed by atoms with Crippen molar-refractivity contribution in [1.82, 2.24) is 5.32 Å². The van der Waals surface area contributed by atoms with E-state index in [4.69, 9.17) is 16.0 Å². The number of fused-ring (bicyclic) bond motifs is 1. The zero-order chi connectivity index (χ0) is 9.64. The molecule has 0 saturated carbocycles. The lowest BCUT2D eigenvalue weighted by atomic mass is 9.83. The van der Waals surface area contributed by atoms with Gasteiger partial charge in [0, 0.05) is 29.6 Å². The summed E-state index contributed by atoms with van der Waals surface area (Å²) in [6.45, 7) is 7.38. The van der Waals surface area contributed by atoms with Gasteiger partial charge in [-0.25, -0.2) is 0 Å². The molecule has 1 unspecified atom stereocenters. The molecule has 1 N–H and O–H groups in total. The van der Waals surface area contributed by atoms with E-state index in [1.165, 1.54) is 5.56 Å². The molecule has 2 heterocycles. The van der Waals surface area contributed by atoms with Crippen LogP contribution in [0.5, 0.6) is 0 Å². The average molecular weight is 200 g/mol. The van der Waals surface area contributed by atoms with Gasteiger partial charge in [-0.1, -0.05) is 13.8 Å². The van der Waals surface area contributed by atoms with Gasteiger partial charge in [0.15, 0.2) is 5.22 Å². The van der Waals surface area contributed by atoms with Crippen LogP contribution in [0.2, 0.25) is 5.22 Å². The second-order valence-corrected chi connectivity index (χ2v) is 4.69. The smallest absolute Gasteiger partial charge is 0.193 e. The summed E-state index contributed by atoms with van der Waals surface area (Å²) in [5.41, 5.74) is 1.25. The first-order valence-electron chi connectivity index (χ1n) is 4.54. The average Bonchev–Trinajstić information content (AvgIpc) is 2.42. The molecule has 72 valence electrons. The third-order valence-electron chi connectivity index (χ3n) is 2.66. The topological polar surface area (TPSA) is 25.2 Å². The number of furan rings is 1. The zero-order valence-corrected chi connectivity index (χ0v) is 8.90. The summed E-state index contributed by atoms with van der Waals surface area (Å²) in [5.74, 6) is 1.03. The first-order chi connectivity index (χ1) is 6.00. The van der Waals surface area contributed by atoms with Gasteiger partial charge < -0.3 is 9.73 Å². The first kappa shape index (κ1) is 9.10. The Morgan fingerprint density at radius 1 is 1.62 bits per heavy atom. The highest BCUT2D eigenvalue weighted by Gasteiger charge is 2.34. The van der Waals surface area contributed by atoms with Crippen LogP contribution in [-0.4, -0.2) is 6.54 Å². The monoisotopic (exact) mass is 199 g/mol. The highest BCUT2D eigenvalue weighted by atomic mass is 35.5. The molecule has 0 aromatic carbocycles. The molecule has 1 aromatic rings. The van der Waals surface area contributed by atoms with E-state index in [9.17, 15) is 0 Å². The third kappa shape index (κ3) is 1.38. The van der Waals surface area contributed by atoms with E-state index in [-0.39, 0.29) is 5.41 Å². The quantitative estimate of drug-likeness (QED) is 0.695. The molecule has 1 aliphatic heterocycles. The summed E-state index contributed by atoms with van der Waals surface area (Å²) in [7, 11) is 0. The number of hydrogen-bond donors (Lipinski definition) is 1. The van der Waals surface area contributed by atoms with Crippen molar-refractivity contribution in [1.29, 1.82) is 0 Å². The van der Waals surface area contributed by atoms with E-state index in [0.717, 1.165) is 12.3 Å². The van der Waals surface area contributed by atoms with Gasteiger partial charge in [-0.15, -0.1) is 0 Å². The molecular weight excluding hydrogens is 186 g/mol. The molecule has 0 bridgehead atoms. The highest BCUT2D eigenvalue weighted by Crippen LogP contribution is 2.37. The van der Waals surface area contributed by atoms with Gasteiger partial charge in [0.1, 0.15) is 5.76 Å². The third-order valence-corrected chi connectivity index (χ3v) is 2.85. The van der Waals surface area contributed by atoms with E-state index in [1.54, 1.807) is 0 Å². The Morgan fingerprint density at radius 2 is 2.31 bits per heavy atom. The van der Waals surface area contributed by atoms with Gasteiger partial charge >= 0.3 is 0 Å². The van der Waals surface area contributed by atoms with Crippen LogP contribution in [0.3, 0.4) is 0 Å². The van der Waals surface area contributed by atoms with Crippen LogP contribution in [0.4, 0.5) is 0 Å². The lowest BCUT2D eigenvalue weighted by Gasteiger charge is -2.32. The van der Waals surface area contributed by atoms with Crippen molar-refractivity contribution in [2.45, 2.75) is 32.2 Å². The van der Waals surface area contributed by atoms with Crippen LogP contribution in [0.1, 0.15) is 38.1 Å². The lowest BCUT2D eigenvalue weighted by Crippen LogP contribution is -2.39. The van der Waals surface area contributed by atoms with Crippen molar-refractivity contribution in [3.05, 3.63) is 22.6 Å². The summed E-state index contributed by atoms with van der Waals surface area (Å²) in [6.07, 6.45) is 0. The van der Waals surface area contributed by atoms with Gasteiger partial charge in [-0.2, -0.15) is 0 Å². The Bertz CT molecular complexity index is 330. The Balaban J connectivity index is 2.54. The molecule has 1 aromatic heterocycles. The molecule has 13 heavy (non-hydrogen) atoms. The summed E-state index contributed by atoms with van der Waals surface area (Å²) in [6, 6.07) is 2.26. The van der Waals surface area contributed by atoms with Crippen LogP contribution in [-0.2, 0) is 5.41 Å². The predicted molar refractivity (Wildman–Crippen MR) is 53.2 cm³/mol. The fourth-order valence-electron chi connectivity index (χ4n) is 1.82. The molecule has 2 rings (SSSR count). The maximum absolute atomic E-state index is 5.85. The SMILES string of the molecule is CC1NCC(C)(C)c2oc(Cl)cc21. The predicted octanol–water partition coefficient (Wildman–Crippen LogP) is 2.87. The maximum Gasteiger partial charge on any atom is 0.193 e. The number of halogens is 1. The Labute approximate surface area is 83.3 Å². The molecule has 2 nitrogen and oxygen atoms in total. The minimum Gasteiger partial charge on any atom is -0.449 e. The van der Waals surface area contributed by atoms with Crippen molar-refractivity contribution in [3.63, 3.8) is 0 Å². The van der Waals surface area contributed by atoms with Gasteiger partial charge in [0.05, 0.1) is 0 Å². The van der Waals surface area contributed by atoms with E-state index in [1.807, 2.05) is 6.07 Å². The van der Waals surface area contributed by atoms with Gasteiger partial charge in [0.2, 0.25) is 0 Å². The lowest BCUT2D eigenvalue weighted by molar-refractivity contribution is 0.320. The number of nitrogens with one attached hydrogen (secondary N) is 1. The van der Waals surface area contributed by atoms with Crippen molar-refractivity contribution in [3.8, 4) is 0 Å². The molecule has 1 atom stereocenters. The van der Waals surface area contributed by atoms with Crippen LogP contribution in [0.25, 0.3) is 0 Å². The normalized spacial score (nSPS) is 25.7. The van der Waals surface area contributed by atoms with Gasteiger partial charge in [-0.05, 0) is 18.5 Å². The number of rotatable bonds is 0. The summed E-state index contributed by atoms with van der Waals surface area (Å²) < 4.78 is 5.52. The molecule has 0 saturated heterocycles.